The van der Waals surface area contributed by atoms with Gasteiger partial charge in [-0.3, -0.25) is 0 Å². The number of carbonyl (C=O) groups is 1. The fourth-order valence-corrected chi connectivity index (χ4v) is 2.60. The zero-order valence-electron chi connectivity index (χ0n) is 10.6. The first-order valence-electron chi connectivity index (χ1n) is 5.43. The lowest BCUT2D eigenvalue weighted by molar-refractivity contribution is 0.175. The van der Waals surface area contributed by atoms with Crippen molar-refractivity contribution in [2.75, 3.05) is 7.05 Å². The van der Waals surface area contributed by atoms with Gasteiger partial charge >= 0.3 is 6.09 Å². The van der Waals surface area contributed by atoms with Gasteiger partial charge in [-0.1, -0.05) is 20.8 Å². The fourth-order valence-electron chi connectivity index (χ4n) is 1.49. The first-order chi connectivity index (χ1) is 7.84. The van der Waals surface area contributed by atoms with Gasteiger partial charge in [0, 0.05) is 11.9 Å². The highest BCUT2D eigenvalue weighted by Gasteiger charge is 2.30. The number of aromatic nitrogens is 1. The van der Waals surface area contributed by atoms with Crippen LogP contribution < -0.4 is 10.6 Å². The summed E-state index contributed by atoms with van der Waals surface area (Å²) in [6.07, 6.45) is -1.02. The molecule has 1 heterocycles. The molecule has 0 aliphatic rings. The Kier molecular flexibility index (Phi) is 4.47. The number of thiazole rings is 1. The Morgan fingerprint density at radius 3 is 2.71 bits per heavy atom. The second-order valence-electron chi connectivity index (χ2n) is 4.96. The first kappa shape index (κ1) is 13.9. The largest absolute Gasteiger partial charge is 0.465 e. The summed E-state index contributed by atoms with van der Waals surface area (Å²) in [6.45, 7) is 6.67. The van der Waals surface area contributed by atoms with E-state index in [0.717, 1.165) is 10.7 Å². The predicted octanol–water partition coefficient (Wildman–Crippen LogP) is 2.22. The number of rotatable bonds is 4. The first-order valence-corrected chi connectivity index (χ1v) is 6.31. The van der Waals surface area contributed by atoms with Crippen LogP contribution in [-0.2, 0) is 6.54 Å². The van der Waals surface area contributed by atoms with Gasteiger partial charge in [0.25, 0.3) is 0 Å². The molecule has 0 fully saturated rings. The van der Waals surface area contributed by atoms with E-state index in [-0.39, 0.29) is 11.5 Å². The highest BCUT2D eigenvalue weighted by Crippen LogP contribution is 2.34. The average Bonchev–Trinajstić information content (AvgIpc) is 2.61. The summed E-state index contributed by atoms with van der Waals surface area (Å²) in [5.74, 6) is 0. The van der Waals surface area contributed by atoms with E-state index in [0.29, 0.717) is 6.54 Å². The lowest BCUT2D eigenvalue weighted by Crippen LogP contribution is -2.35. The minimum Gasteiger partial charge on any atom is -0.465 e. The maximum absolute atomic E-state index is 10.8. The van der Waals surface area contributed by atoms with Crippen LogP contribution >= 0.6 is 11.3 Å². The van der Waals surface area contributed by atoms with E-state index in [4.69, 9.17) is 5.11 Å². The highest BCUT2D eigenvalue weighted by molar-refractivity contribution is 7.09. The van der Waals surface area contributed by atoms with Crippen LogP contribution in [-0.4, -0.2) is 23.2 Å². The number of hydrogen-bond acceptors (Lipinski definition) is 4. The Balaban J connectivity index is 2.92. The SMILES string of the molecule is CNCc1csc(C(NC(=O)O)C(C)(C)C)n1. The summed E-state index contributed by atoms with van der Waals surface area (Å²) in [4.78, 5) is 15.3. The molecule has 0 saturated carbocycles. The molecule has 0 saturated heterocycles. The van der Waals surface area contributed by atoms with E-state index in [1.54, 1.807) is 0 Å². The molecule has 0 radical (unpaired) electrons. The smallest absolute Gasteiger partial charge is 0.405 e. The Bertz CT molecular complexity index is 384. The molecule has 96 valence electrons. The van der Waals surface area contributed by atoms with E-state index in [1.807, 2.05) is 33.2 Å². The third-order valence-electron chi connectivity index (χ3n) is 2.31. The van der Waals surface area contributed by atoms with Gasteiger partial charge in [0.1, 0.15) is 5.01 Å². The van der Waals surface area contributed by atoms with Gasteiger partial charge in [-0.15, -0.1) is 11.3 Å². The summed E-state index contributed by atoms with van der Waals surface area (Å²) in [5, 5.41) is 17.2. The van der Waals surface area contributed by atoms with Crippen LogP contribution in [0, 0.1) is 5.41 Å². The molecule has 0 aliphatic heterocycles. The molecule has 0 spiro atoms. The topological polar surface area (TPSA) is 74.2 Å². The fraction of sp³-hybridized carbons (Fsp3) is 0.636. The minimum atomic E-state index is -1.02. The van der Waals surface area contributed by atoms with Crippen LogP contribution in [0.25, 0.3) is 0 Å². The van der Waals surface area contributed by atoms with Crippen molar-refractivity contribution in [1.82, 2.24) is 15.6 Å². The van der Waals surface area contributed by atoms with Crippen molar-refractivity contribution >= 4 is 17.4 Å². The summed E-state index contributed by atoms with van der Waals surface area (Å²) in [7, 11) is 1.86. The Labute approximate surface area is 105 Å². The van der Waals surface area contributed by atoms with Crippen LogP contribution in [0.2, 0.25) is 0 Å². The molecule has 1 unspecified atom stereocenters. The van der Waals surface area contributed by atoms with E-state index in [2.05, 4.69) is 15.6 Å². The van der Waals surface area contributed by atoms with Crippen molar-refractivity contribution in [1.29, 1.82) is 0 Å². The third-order valence-corrected chi connectivity index (χ3v) is 3.27. The van der Waals surface area contributed by atoms with E-state index in [9.17, 15) is 4.79 Å². The summed E-state index contributed by atoms with van der Waals surface area (Å²) in [6, 6.07) is -0.282. The van der Waals surface area contributed by atoms with E-state index in [1.165, 1.54) is 11.3 Å². The molecule has 0 aromatic carbocycles. The van der Waals surface area contributed by atoms with Gasteiger partial charge in [0.05, 0.1) is 11.7 Å². The third kappa shape index (κ3) is 3.98. The molecule has 1 aromatic heterocycles. The maximum Gasteiger partial charge on any atom is 0.405 e. The molecule has 5 nitrogen and oxygen atoms in total. The lowest BCUT2D eigenvalue weighted by atomic mass is 9.87. The van der Waals surface area contributed by atoms with Crippen molar-refractivity contribution in [3.63, 3.8) is 0 Å². The second kappa shape index (κ2) is 5.46. The van der Waals surface area contributed by atoms with Gasteiger partial charge in [-0.25, -0.2) is 9.78 Å². The van der Waals surface area contributed by atoms with Crippen molar-refractivity contribution in [2.24, 2.45) is 5.41 Å². The molecule has 17 heavy (non-hydrogen) atoms. The minimum absolute atomic E-state index is 0.201. The molecule has 1 aromatic rings. The molecule has 1 amide bonds. The zero-order chi connectivity index (χ0) is 13.1. The van der Waals surface area contributed by atoms with Crippen LogP contribution in [0.1, 0.15) is 37.5 Å². The molecule has 1 atom stereocenters. The van der Waals surface area contributed by atoms with Crippen LogP contribution in [0.3, 0.4) is 0 Å². The molecular formula is C11H19N3O2S. The van der Waals surface area contributed by atoms with Crippen molar-refractivity contribution in [2.45, 2.75) is 33.4 Å². The molecule has 3 N–H and O–H groups in total. The molecular weight excluding hydrogens is 238 g/mol. The van der Waals surface area contributed by atoms with Gasteiger partial charge < -0.3 is 15.7 Å². The normalized spacial score (nSPS) is 13.4. The van der Waals surface area contributed by atoms with Gasteiger partial charge in [-0.2, -0.15) is 0 Å². The summed E-state index contributed by atoms with van der Waals surface area (Å²) >= 11 is 1.49. The number of nitrogens with zero attached hydrogens (tertiary/aromatic N) is 1. The number of hydrogen-bond donors (Lipinski definition) is 3. The summed E-state index contributed by atoms with van der Waals surface area (Å²) in [5.41, 5.74) is 0.738. The zero-order valence-corrected chi connectivity index (χ0v) is 11.4. The predicted molar refractivity (Wildman–Crippen MR) is 68.2 cm³/mol. The van der Waals surface area contributed by atoms with Gasteiger partial charge in [0.15, 0.2) is 0 Å². The molecule has 1 rings (SSSR count). The number of amides is 1. The van der Waals surface area contributed by atoms with Crippen molar-refractivity contribution in [3.05, 3.63) is 16.1 Å². The highest BCUT2D eigenvalue weighted by atomic mass is 32.1. The quantitative estimate of drug-likeness (QED) is 0.773. The van der Waals surface area contributed by atoms with Crippen molar-refractivity contribution < 1.29 is 9.90 Å². The van der Waals surface area contributed by atoms with E-state index >= 15 is 0 Å². The molecule has 0 bridgehead atoms. The van der Waals surface area contributed by atoms with Gasteiger partial charge in [-0.05, 0) is 12.5 Å². The van der Waals surface area contributed by atoms with Crippen molar-refractivity contribution in [3.8, 4) is 0 Å². The molecule has 6 heteroatoms. The van der Waals surface area contributed by atoms with Crippen LogP contribution in [0.15, 0.2) is 5.38 Å². The maximum atomic E-state index is 10.8. The Morgan fingerprint density at radius 2 is 2.24 bits per heavy atom. The average molecular weight is 257 g/mol. The number of nitrogens with one attached hydrogen (secondary N) is 2. The lowest BCUT2D eigenvalue weighted by Gasteiger charge is -2.28. The Hall–Kier alpha value is -1.14. The van der Waals surface area contributed by atoms with E-state index < -0.39 is 6.09 Å². The van der Waals surface area contributed by atoms with Crippen LogP contribution in [0.5, 0.6) is 0 Å². The summed E-state index contributed by atoms with van der Waals surface area (Å²) < 4.78 is 0. The van der Waals surface area contributed by atoms with Gasteiger partial charge in [0.2, 0.25) is 0 Å². The molecule has 0 aliphatic carbocycles. The Morgan fingerprint density at radius 1 is 1.59 bits per heavy atom. The standard InChI is InChI=1S/C11H19N3O2S/c1-11(2,3)8(14-10(15)16)9-13-7(5-12-4)6-17-9/h6,8,12,14H,5H2,1-4H3,(H,15,16). The second-order valence-corrected chi connectivity index (χ2v) is 5.85. The monoisotopic (exact) mass is 257 g/mol. The van der Waals surface area contributed by atoms with Crippen LogP contribution in [0.4, 0.5) is 4.79 Å². The number of carboxylic acid groups (broad SMARTS) is 1.